The molecule has 30 heavy (non-hydrogen) atoms. The van der Waals surface area contributed by atoms with Gasteiger partial charge in [0, 0.05) is 13.1 Å². The van der Waals surface area contributed by atoms with Gasteiger partial charge in [0.15, 0.2) is 5.96 Å². The number of morpholine rings is 1. The van der Waals surface area contributed by atoms with Gasteiger partial charge in [-0.25, -0.2) is 4.99 Å². The number of alkyl halides is 3. The summed E-state index contributed by atoms with van der Waals surface area (Å²) in [4.78, 5) is 6.69. The molecular formula is C22H26F3N3O2. The molecule has 0 aliphatic carbocycles. The van der Waals surface area contributed by atoms with Gasteiger partial charge in [-0.15, -0.1) is 0 Å². The van der Waals surface area contributed by atoms with Crippen LogP contribution in [0.2, 0.25) is 0 Å². The zero-order valence-corrected chi connectivity index (χ0v) is 16.8. The summed E-state index contributed by atoms with van der Waals surface area (Å²) in [5.74, 6) is 0.672. The monoisotopic (exact) mass is 421 g/mol. The van der Waals surface area contributed by atoms with Gasteiger partial charge in [-0.05, 0) is 35.7 Å². The molecule has 0 saturated carbocycles. The minimum Gasteiger partial charge on any atom is -0.392 e. The second-order valence-corrected chi connectivity index (χ2v) is 7.03. The molecule has 0 radical (unpaired) electrons. The van der Waals surface area contributed by atoms with E-state index in [0.717, 1.165) is 23.3 Å². The number of aliphatic hydroxyl groups excluding tert-OH is 1. The molecule has 0 spiro atoms. The van der Waals surface area contributed by atoms with Gasteiger partial charge >= 0.3 is 6.18 Å². The highest BCUT2D eigenvalue weighted by Crippen LogP contribution is 2.32. The molecule has 1 fully saturated rings. The van der Waals surface area contributed by atoms with Crippen molar-refractivity contribution < 1.29 is 23.0 Å². The Morgan fingerprint density at radius 1 is 1.20 bits per heavy atom. The van der Waals surface area contributed by atoms with E-state index in [1.807, 2.05) is 36.1 Å². The molecule has 8 heteroatoms. The summed E-state index contributed by atoms with van der Waals surface area (Å²) in [6.45, 7) is 4.33. The summed E-state index contributed by atoms with van der Waals surface area (Å²) in [7, 11) is 0. The largest absolute Gasteiger partial charge is 0.416 e. The predicted octanol–water partition coefficient (Wildman–Crippen LogP) is 3.74. The summed E-state index contributed by atoms with van der Waals surface area (Å²) >= 11 is 0. The van der Waals surface area contributed by atoms with E-state index in [2.05, 4.69) is 10.3 Å². The molecule has 2 N–H and O–H groups in total. The van der Waals surface area contributed by atoms with E-state index < -0.39 is 17.8 Å². The van der Waals surface area contributed by atoms with Gasteiger partial charge in [-0.1, -0.05) is 36.4 Å². The first-order valence-electron chi connectivity index (χ1n) is 9.92. The van der Waals surface area contributed by atoms with E-state index in [-0.39, 0.29) is 6.61 Å². The van der Waals surface area contributed by atoms with E-state index in [0.29, 0.717) is 44.3 Å². The third-order valence-electron chi connectivity index (χ3n) is 4.97. The van der Waals surface area contributed by atoms with Crippen LogP contribution in [0.15, 0.2) is 53.5 Å². The highest BCUT2D eigenvalue weighted by Gasteiger charge is 2.32. The first-order valence-corrected chi connectivity index (χ1v) is 9.92. The van der Waals surface area contributed by atoms with Gasteiger partial charge in [0.1, 0.15) is 6.10 Å². The van der Waals surface area contributed by atoms with Crippen LogP contribution in [0, 0.1) is 0 Å². The first kappa shape index (κ1) is 22.1. The van der Waals surface area contributed by atoms with Crippen molar-refractivity contribution in [2.45, 2.75) is 32.4 Å². The maximum absolute atomic E-state index is 13.1. The average molecular weight is 421 g/mol. The fourth-order valence-electron chi connectivity index (χ4n) is 3.41. The van der Waals surface area contributed by atoms with E-state index >= 15 is 0 Å². The second kappa shape index (κ2) is 9.95. The quantitative estimate of drug-likeness (QED) is 0.571. The molecule has 1 unspecified atom stereocenters. The molecule has 1 heterocycles. The summed E-state index contributed by atoms with van der Waals surface area (Å²) < 4.78 is 45.0. The molecule has 1 aliphatic rings. The van der Waals surface area contributed by atoms with Crippen LogP contribution in [0.5, 0.6) is 0 Å². The van der Waals surface area contributed by atoms with Gasteiger partial charge in [0.2, 0.25) is 0 Å². The Bertz CT molecular complexity index is 871. The van der Waals surface area contributed by atoms with Crippen LogP contribution in [-0.4, -0.2) is 42.2 Å². The minimum absolute atomic E-state index is 0.0581. The number of nitrogens with zero attached hydrogens (tertiary/aromatic N) is 2. The van der Waals surface area contributed by atoms with Crippen LogP contribution < -0.4 is 5.32 Å². The lowest BCUT2D eigenvalue weighted by Crippen LogP contribution is -2.48. The Balaban J connectivity index is 1.77. The van der Waals surface area contributed by atoms with Crippen molar-refractivity contribution in [3.05, 3.63) is 70.8 Å². The van der Waals surface area contributed by atoms with Crippen molar-refractivity contribution in [1.82, 2.24) is 10.2 Å². The standard InChI is InChI=1S/C22H26F3N3O2/c1-2-26-21(27-13-17-6-3-4-7-18(17)15-29)28-10-11-30-20(14-28)16-8-5-9-19(12-16)22(23,24)25/h3-9,12,20,29H,2,10-11,13-15H2,1H3,(H,26,27). The topological polar surface area (TPSA) is 57.1 Å². The van der Waals surface area contributed by atoms with E-state index in [4.69, 9.17) is 4.74 Å². The van der Waals surface area contributed by atoms with Crippen LogP contribution in [-0.2, 0) is 24.1 Å². The third-order valence-corrected chi connectivity index (χ3v) is 4.97. The number of benzene rings is 2. The summed E-state index contributed by atoms with van der Waals surface area (Å²) in [6.07, 6.45) is -4.87. The minimum atomic E-state index is -4.39. The van der Waals surface area contributed by atoms with Gasteiger partial charge in [0.05, 0.1) is 31.9 Å². The van der Waals surface area contributed by atoms with E-state index in [1.165, 1.54) is 6.07 Å². The summed E-state index contributed by atoms with van der Waals surface area (Å²) in [5, 5.41) is 12.8. The maximum atomic E-state index is 13.1. The van der Waals surface area contributed by atoms with Gasteiger partial charge < -0.3 is 20.1 Å². The van der Waals surface area contributed by atoms with Crippen molar-refractivity contribution in [2.24, 2.45) is 4.99 Å². The average Bonchev–Trinajstić information content (AvgIpc) is 2.76. The Labute approximate surface area is 174 Å². The number of rotatable bonds is 5. The molecule has 1 saturated heterocycles. The number of guanidine groups is 1. The molecule has 0 amide bonds. The Kier molecular flexibility index (Phi) is 7.33. The molecule has 5 nitrogen and oxygen atoms in total. The van der Waals surface area contributed by atoms with E-state index in [1.54, 1.807) is 6.07 Å². The fraction of sp³-hybridized carbons (Fsp3) is 0.409. The molecule has 1 aliphatic heterocycles. The van der Waals surface area contributed by atoms with Gasteiger partial charge in [-0.3, -0.25) is 0 Å². The lowest BCUT2D eigenvalue weighted by molar-refractivity contribution is -0.137. The maximum Gasteiger partial charge on any atom is 0.416 e. The number of hydrogen-bond acceptors (Lipinski definition) is 3. The lowest BCUT2D eigenvalue weighted by atomic mass is 10.0. The Hall–Kier alpha value is -2.58. The van der Waals surface area contributed by atoms with Crippen LogP contribution in [0.25, 0.3) is 0 Å². The molecule has 3 rings (SSSR count). The van der Waals surface area contributed by atoms with Crippen LogP contribution in [0.4, 0.5) is 13.2 Å². The first-order chi connectivity index (χ1) is 14.4. The molecule has 0 bridgehead atoms. The van der Waals surface area contributed by atoms with Crippen molar-refractivity contribution in [2.75, 3.05) is 26.2 Å². The smallest absolute Gasteiger partial charge is 0.392 e. The number of nitrogens with one attached hydrogen (secondary N) is 1. The Morgan fingerprint density at radius 2 is 1.97 bits per heavy atom. The molecule has 1 atom stereocenters. The zero-order valence-electron chi connectivity index (χ0n) is 16.8. The predicted molar refractivity (Wildman–Crippen MR) is 109 cm³/mol. The number of aliphatic imine (C=N–C) groups is 1. The number of aliphatic hydroxyl groups is 1. The number of halogens is 3. The highest BCUT2D eigenvalue weighted by molar-refractivity contribution is 5.80. The van der Waals surface area contributed by atoms with Crippen LogP contribution in [0.1, 0.15) is 35.3 Å². The third kappa shape index (κ3) is 5.52. The molecule has 2 aromatic rings. The lowest BCUT2D eigenvalue weighted by Gasteiger charge is -2.35. The van der Waals surface area contributed by atoms with Gasteiger partial charge in [0.25, 0.3) is 0 Å². The molecule has 0 aromatic heterocycles. The fourth-order valence-corrected chi connectivity index (χ4v) is 3.41. The number of hydrogen-bond donors (Lipinski definition) is 2. The van der Waals surface area contributed by atoms with Crippen LogP contribution >= 0.6 is 0 Å². The zero-order chi connectivity index (χ0) is 21.6. The van der Waals surface area contributed by atoms with Crippen LogP contribution in [0.3, 0.4) is 0 Å². The molecule has 162 valence electrons. The van der Waals surface area contributed by atoms with E-state index in [9.17, 15) is 18.3 Å². The molecule has 2 aromatic carbocycles. The van der Waals surface area contributed by atoms with Crippen molar-refractivity contribution in [1.29, 1.82) is 0 Å². The SMILES string of the molecule is CCNC(=NCc1ccccc1CO)N1CCOC(c2cccc(C(F)(F)F)c2)C1. The highest BCUT2D eigenvalue weighted by atomic mass is 19.4. The summed E-state index contributed by atoms with van der Waals surface area (Å²) in [5.41, 5.74) is 1.57. The van der Waals surface area contributed by atoms with Crippen molar-refractivity contribution >= 4 is 5.96 Å². The number of ether oxygens (including phenoxy) is 1. The summed E-state index contributed by atoms with van der Waals surface area (Å²) in [6, 6.07) is 12.8. The molecular weight excluding hydrogens is 395 g/mol. The second-order valence-electron chi connectivity index (χ2n) is 7.03. The normalized spacial score (nSPS) is 17.8. The van der Waals surface area contributed by atoms with Crippen molar-refractivity contribution in [3.8, 4) is 0 Å². The van der Waals surface area contributed by atoms with Crippen molar-refractivity contribution in [3.63, 3.8) is 0 Å². The van der Waals surface area contributed by atoms with Gasteiger partial charge in [-0.2, -0.15) is 13.2 Å². The Morgan fingerprint density at radius 3 is 2.67 bits per heavy atom.